The number of phenols is 1. The summed E-state index contributed by atoms with van der Waals surface area (Å²) in [5, 5.41) is 18.3. The second kappa shape index (κ2) is 8.02. The van der Waals surface area contributed by atoms with Gasteiger partial charge in [-0.25, -0.2) is 0 Å². The Morgan fingerprint density at radius 1 is 1.25 bits per heavy atom. The highest BCUT2D eigenvalue weighted by Crippen LogP contribution is 2.32. The van der Waals surface area contributed by atoms with Gasteiger partial charge in [0.1, 0.15) is 5.75 Å². The molecule has 1 amide bonds. The van der Waals surface area contributed by atoms with Gasteiger partial charge in [-0.3, -0.25) is 4.79 Å². The van der Waals surface area contributed by atoms with Crippen molar-refractivity contribution < 1.29 is 9.90 Å². The van der Waals surface area contributed by atoms with Crippen molar-refractivity contribution in [2.24, 2.45) is 11.7 Å². The van der Waals surface area contributed by atoms with Gasteiger partial charge in [-0.2, -0.15) is 0 Å². The summed E-state index contributed by atoms with van der Waals surface area (Å²) in [6.45, 7) is 7.71. The lowest BCUT2D eigenvalue weighted by Crippen LogP contribution is -2.58. The van der Waals surface area contributed by atoms with E-state index in [4.69, 9.17) is 11.5 Å². The van der Waals surface area contributed by atoms with Crippen LogP contribution < -0.4 is 16.4 Å². The summed E-state index contributed by atoms with van der Waals surface area (Å²) < 4.78 is 0. The van der Waals surface area contributed by atoms with Crippen LogP contribution in [0.4, 0.5) is 11.5 Å². The summed E-state index contributed by atoms with van der Waals surface area (Å²) in [5.41, 5.74) is 14.0. The van der Waals surface area contributed by atoms with Gasteiger partial charge in [0.25, 0.3) is 0 Å². The first kappa shape index (κ1) is 19.9. The lowest BCUT2D eigenvalue weighted by Gasteiger charge is -2.42. The molecule has 0 radical (unpaired) electrons. The van der Waals surface area contributed by atoms with E-state index in [1.807, 2.05) is 37.8 Å². The minimum Gasteiger partial charge on any atom is -0.507 e. The molecule has 1 fully saturated rings. The topological polar surface area (TPSA) is 122 Å². The molecule has 1 aromatic carbocycles. The number of carbonyl (C=O) groups is 1. The normalized spacial score (nSPS) is 18.4. The van der Waals surface area contributed by atoms with Crippen LogP contribution in [0.1, 0.15) is 20.8 Å². The fourth-order valence-corrected chi connectivity index (χ4v) is 3.45. The molecule has 3 rings (SSSR count). The van der Waals surface area contributed by atoms with Crippen molar-refractivity contribution in [2.75, 3.05) is 30.3 Å². The number of nitrogens with zero attached hydrogens (tertiary/aromatic N) is 4. The molecule has 2 aromatic rings. The van der Waals surface area contributed by atoms with Gasteiger partial charge in [0, 0.05) is 31.2 Å². The van der Waals surface area contributed by atoms with Gasteiger partial charge in [0.15, 0.2) is 5.82 Å². The van der Waals surface area contributed by atoms with Crippen LogP contribution in [0.2, 0.25) is 0 Å². The molecule has 8 heteroatoms. The van der Waals surface area contributed by atoms with Gasteiger partial charge in [0.2, 0.25) is 5.91 Å². The maximum atomic E-state index is 12.6. The number of carbonyl (C=O) groups excluding carboxylic acids is 1. The number of anilines is 2. The molecule has 2 heterocycles. The third kappa shape index (κ3) is 3.87. The maximum Gasteiger partial charge on any atom is 0.240 e. The first-order valence-corrected chi connectivity index (χ1v) is 9.52. The number of aromatic nitrogens is 2. The standard InChI is InChI=1S/C20H28N6O2/c1-12(2)18(21)20(28)26-9-8-25(11-13(26)3)16-10-15(23-24-19(16)22)14-6-4-5-7-17(14)27/h4-7,10,12-13,18,27H,8-9,11,21H2,1-3H3,(H2,22,24)/t13?,18-/m0/s1. The molecule has 5 N–H and O–H groups in total. The van der Waals surface area contributed by atoms with Crippen molar-refractivity contribution in [3.8, 4) is 17.0 Å². The van der Waals surface area contributed by atoms with Crippen molar-refractivity contribution in [3.63, 3.8) is 0 Å². The number of benzene rings is 1. The fourth-order valence-electron chi connectivity index (χ4n) is 3.45. The fraction of sp³-hybridized carbons (Fsp3) is 0.450. The molecular weight excluding hydrogens is 356 g/mol. The zero-order chi connectivity index (χ0) is 20.4. The third-order valence-corrected chi connectivity index (χ3v) is 5.24. The van der Waals surface area contributed by atoms with Crippen LogP contribution in [0.15, 0.2) is 30.3 Å². The molecule has 28 heavy (non-hydrogen) atoms. The molecular formula is C20H28N6O2. The minimum atomic E-state index is -0.491. The second-order valence-electron chi connectivity index (χ2n) is 7.61. The minimum absolute atomic E-state index is 0.00723. The van der Waals surface area contributed by atoms with E-state index in [2.05, 4.69) is 15.1 Å². The Hall–Kier alpha value is -2.87. The zero-order valence-corrected chi connectivity index (χ0v) is 16.5. The van der Waals surface area contributed by atoms with Crippen molar-refractivity contribution in [1.82, 2.24) is 15.1 Å². The van der Waals surface area contributed by atoms with E-state index in [1.54, 1.807) is 18.2 Å². The molecule has 2 atom stereocenters. The SMILES string of the molecule is CC(C)[C@H](N)C(=O)N1CCN(c2cc(-c3ccccc3O)nnc2N)CC1C. The van der Waals surface area contributed by atoms with E-state index >= 15 is 0 Å². The Morgan fingerprint density at radius 2 is 1.96 bits per heavy atom. The highest BCUT2D eigenvalue weighted by molar-refractivity contribution is 5.82. The van der Waals surface area contributed by atoms with Crippen LogP contribution in [0.3, 0.4) is 0 Å². The van der Waals surface area contributed by atoms with Crippen LogP contribution in [0, 0.1) is 5.92 Å². The highest BCUT2D eigenvalue weighted by Gasteiger charge is 2.32. The quantitative estimate of drug-likeness (QED) is 0.729. The highest BCUT2D eigenvalue weighted by atomic mass is 16.3. The Bertz CT molecular complexity index is 856. The molecule has 1 saturated heterocycles. The number of nitrogens with two attached hydrogens (primary N) is 2. The Balaban J connectivity index is 1.81. The number of nitrogen functional groups attached to an aromatic ring is 1. The van der Waals surface area contributed by atoms with Crippen molar-refractivity contribution in [3.05, 3.63) is 30.3 Å². The number of piperazine rings is 1. The van der Waals surface area contributed by atoms with E-state index in [0.29, 0.717) is 36.7 Å². The molecule has 0 aliphatic carbocycles. The lowest BCUT2D eigenvalue weighted by atomic mass is 10.0. The van der Waals surface area contributed by atoms with Gasteiger partial charge in [-0.1, -0.05) is 26.0 Å². The van der Waals surface area contributed by atoms with Gasteiger partial charge in [0.05, 0.1) is 17.4 Å². The van der Waals surface area contributed by atoms with E-state index < -0.39 is 6.04 Å². The number of phenolic OH excluding ortho intramolecular Hbond substituents is 1. The van der Waals surface area contributed by atoms with Crippen molar-refractivity contribution in [1.29, 1.82) is 0 Å². The van der Waals surface area contributed by atoms with Gasteiger partial charge in [-0.05, 0) is 31.0 Å². The number of amides is 1. The van der Waals surface area contributed by atoms with E-state index in [9.17, 15) is 9.90 Å². The van der Waals surface area contributed by atoms with E-state index in [1.165, 1.54) is 0 Å². The van der Waals surface area contributed by atoms with Crippen LogP contribution >= 0.6 is 0 Å². The molecule has 1 unspecified atom stereocenters. The molecule has 0 saturated carbocycles. The first-order valence-electron chi connectivity index (χ1n) is 9.52. The van der Waals surface area contributed by atoms with Crippen LogP contribution in [-0.2, 0) is 4.79 Å². The molecule has 1 aliphatic heterocycles. The predicted molar refractivity (Wildman–Crippen MR) is 110 cm³/mol. The summed E-state index contributed by atoms with van der Waals surface area (Å²) in [5.74, 6) is 0.542. The van der Waals surface area contributed by atoms with Gasteiger partial charge in [-0.15, -0.1) is 10.2 Å². The van der Waals surface area contributed by atoms with Gasteiger partial charge >= 0.3 is 0 Å². The zero-order valence-electron chi connectivity index (χ0n) is 16.5. The summed E-state index contributed by atoms with van der Waals surface area (Å²) in [6, 6.07) is 8.31. The molecule has 1 aliphatic rings. The number of hydrogen-bond donors (Lipinski definition) is 3. The average molecular weight is 384 g/mol. The average Bonchev–Trinajstić information content (AvgIpc) is 2.67. The third-order valence-electron chi connectivity index (χ3n) is 5.24. The number of rotatable bonds is 4. The monoisotopic (exact) mass is 384 g/mol. The van der Waals surface area contributed by atoms with Crippen molar-refractivity contribution >= 4 is 17.4 Å². The lowest BCUT2D eigenvalue weighted by molar-refractivity contribution is -0.136. The summed E-state index contributed by atoms with van der Waals surface area (Å²) in [7, 11) is 0. The Kier molecular flexibility index (Phi) is 5.69. The molecule has 8 nitrogen and oxygen atoms in total. The first-order chi connectivity index (χ1) is 13.3. The Labute approximate surface area is 165 Å². The van der Waals surface area contributed by atoms with E-state index in [0.717, 1.165) is 5.69 Å². The van der Waals surface area contributed by atoms with Crippen LogP contribution in [0.5, 0.6) is 5.75 Å². The number of para-hydroxylation sites is 1. The molecule has 1 aromatic heterocycles. The summed E-state index contributed by atoms with van der Waals surface area (Å²) in [6.07, 6.45) is 0. The van der Waals surface area contributed by atoms with Crippen molar-refractivity contribution in [2.45, 2.75) is 32.9 Å². The number of aromatic hydroxyl groups is 1. The van der Waals surface area contributed by atoms with Crippen LogP contribution in [-0.4, -0.2) is 57.8 Å². The largest absolute Gasteiger partial charge is 0.507 e. The predicted octanol–water partition coefficient (Wildman–Crippen LogP) is 1.45. The maximum absolute atomic E-state index is 12.6. The van der Waals surface area contributed by atoms with Gasteiger partial charge < -0.3 is 26.4 Å². The molecule has 0 spiro atoms. The smallest absolute Gasteiger partial charge is 0.240 e. The Morgan fingerprint density at radius 3 is 2.61 bits per heavy atom. The molecule has 150 valence electrons. The second-order valence-corrected chi connectivity index (χ2v) is 7.61. The molecule has 0 bridgehead atoms. The number of hydrogen-bond acceptors (Lipinski definition) is 7. The summed E-state index contributed by atoms with van der Waals surface area (Å²) >= 11 is 0. The van der Waals surface area contributed by atoms with Crippen LogP contribution in [0.25, 0.3) is 11.3 Å². The summed E-state index contributed by atoms with van der Waals surface area (Å²) in [4.78, 5) is 16.6. The van der Waals surface area contributed by atoms with E-state index in [-0.39, 0.29) is 23.6 Å².